The van der Waals surface area contributed by atoms with Crippen molar-refractivity contribution in [1.82, 2.24) is 0 Å². The van der Waals surface area contributed by atoms with Crippen molar-refractivity contribution >= 4 is 39.2 Å². The van der Waals surface area contributed by atoms with Crippen molar-refractivity contribution in [2.75, 3.05) is 5.32 Å². The maximum Gasteiger partial charge on any atom is 0.308 e. The first-order chi connectivity index (χ1) is 7.58. The Kier molecular flexibility index (Phi) is 3.40. The van der Waals surface area contributed by atoms with Gasteiger partial charge in [-0.3, -0.25) is 4.79 Å². The van der Waals surface area contributed by atoms with Gasteiger partial charge < -0.3 is 10.4 Å². The van der Waals surface area contributed by atoms with Crippen LogP contribution < -0.4 is 5.32 Å². The average molecular weight is 305 g/mol. The molecule has 3 nitrogen and oxygen atoms in total. The van der Waals surface area contributed by atoms with Gasteiger partial charge in [0.05, 0.1) is 16.6 Å². The Balaban J connectivity index is 2.09. The van der Waals surface area contributed by atoms with E-state index in [1.807, 2.05) is 12.1 Å². The molecule has 2 unspecified atom stereocenters. The van der Waals surface area contributed by atoms with Crippen LogP contribution in [0, 0.1) is 5.92 Å². The first kappa shape index (κ1) is 11.7. The third-order valence-corrected chi connectivity index (χ3v) is 3.68. The standard InChI is InChI=1S/C11H11BrClNO2/c12-6-1-3-8(13)10(5-6)14-9-4-2-7(9)11(15)16/h1,3,5,7,9,14H,2,4H2,(H,15,16). The lowest BCUT2D eigenvalue weighted by atomic mass is 9.79. The Hall–Kier alpha value is -0.740. The molecular formula is C11H11BrClNO2. The SMILES string of the molecule is O=C(O)C1CCC1Nc1cc(Br)ccc1Cl. The van der Waals surface area contributed by atoms with Crippen molar-refractivity contribution in [3.63, 3.8) is 0 Å². The molecule has 2 atom stereocenters. The maximum absolute atomic E-state index is 10.9. The minimum Gasteiger partial charge on any atom is -0.481 e. The van der Waals surface area contributed by atoms with Gasteiger partial charge in [0.15, 0.2) is 0 Å². The van der Waals surface area contributed by atoms with Gasteiger partial charge in [-0.15, -0.1) is 0 Å². The molecule has 1 aliphatic carbocycles. The number of benzene rings is 1. The first-order valence-electron chi connectivity index (χ1n) is 5.02. The highest BCUT2D eigenvalue weighted by molar-refractivity contribution is 9.10. The zero-order valence-electron chi connectivity index (χ0n) is 8.41. The lowest BCUT2D eigenvalue weighted by Gasteiger charge is -2.35. The number of carboxylic acid groups (broad SMARTS) is 1. The van der Waals surface area contributed by atoms with Crippen LogP contribution in [0.15, 0.2) is 22.7 Å². The fraction of sp³-hybridized carbons (Fsp3) is 0.364. The second kappa shape index (κ2) is 4.63. The van der Waals surface area contributed by atoms with Crippen LogP contribution in [0.2, 0.25) is 5.02 Å². The summed E-state index contributed by atoms with van der Waals surface area (Å²) in [7, 11) is 0. The Morgan fingerprint density at radius 3 is 2.81 bits per heavy atom. The van der Waals surface area contributed by atoms with Crippen molar-refractivity contribution in [2.24, 2.45) is 5.92 Å². The molecule has 1 aliphatic rings. The van der Waals surface area contributed by atoms with Gasteiger partial charge in [-0.2, -0.15) is 0 Å². The molecule has 0 saturated heterocycles. The van der Waals surface area contributed by atoms with Crippen LogP contribution >= 0.6 is 27.5 Å². The molecule has 1 aromatic rings. The number of halogens is 2. The number of nitrogens with one attached hydrogen (secondary N) is 1. The molecule has 0 amide bonds. The second-order valence-electron chi connectivity index (χ2n) is 3.90. The molecule has 1 fully saturated rings. The number of carbonyl (C=O) groups is 1. The Morgan fingerprint density at radius 1 is 1.50 bits per heavy atom. The van der Waals surface area contributed by atoms with Gasteiger partial charge in [-0.1, -0.05) is 27.5 Å². The third-order valence-electron chi connectivity index (χ3n) is 2.86. The monoisotopic (exact) mass is 303 g/mol. The molecule has 5 heteroatoms. The number of anilines is 1. The van der Waals surface area contributed by atoms with Gasteiger partial charge >= 0.3 is 5.97 Å². The predicted octanol–water partition coefficient (Wildman–Crippen LogP) is 3.38. The van der Waals surface area contributed by atoms with Crippen LogP contribution in [0.4, 0.5) is 5.69 Å². The number of carboxylic acids is 1. The Labute approximate surface area is 107 Å². The quantitative estimate of drug-likeness (QED) is 0.900. The highest BCUT2D eigenvalue weighted by Crippen LogP contribution is 2.34. The summed E-state index contributed by atoms with van der Waals surface area (Å²) in [5.74, 6) is -1.04. The van der Waals surface area contributed by atoms with E-state index in [1.54, 1.807) is 6.07 Å². The van der Waals surface area contributed by atoms with Crippen LogP contribution in [-0.2, 0) is 4.79 Å². The maximum atomic E-state index is 10.9. The minimum atomic E-state index is -0.741. The van der Waals surface area contributed by atoms with Crippen LogP contribution in [0.5, 0.6) is 0 Å². The molecule has 2 rings (SSSR count). The predicted molar refractivity (Wildman–Crippen MR) is 66.9 cm³/mol. The molecule has 16 heavy (non-hydrogen) atoms. The van der Waals surface area contributed by atoms with Crippen LogP contribution in [0.3, 0.4) is 0 Å². The summed E-state index contributed by atoms with van der Waals surface area (Å²) in [6.45, 7) is 0. The fourth-order valence-corrected chi connectivity index (χ4v) is 2.31. The molecule has 1 saturated carbocycles. The minimum absolute atomic E-state index is 0.00991. The van der Waals surface area contributed by atoms with Gasteiger partial charge in [0.25, 0.3) is 0 Å². The molecule has 1 aromatic carbocycles. The molecule has 0 radical (unpaired) electrons. The normalized spacial score (nSPS) is 23.6. The van der Waals surface area contributed by atoms with E-state index in [1.165, 1.54) is 0 Å². The molecule has 2 N–H and O–H groups in total. The molecule has 0 spiro atoms. The van der Waals surface area contributed by atoms with Crippen molar-refractivity contribution in [3.8, 4) is 0 Å². The van der Waals surface area contributed by atoms with E-state index in [9.17, 15) is 4.79 Å². The van der Waals surface area contributed by atoms with E-state index in [-0.39, 0.29) is 12.0 Å². The summed E-state index contributed by atoms with van der Waals surface area (Å²) in [4.78, 5) is 10.9. The number of hydrogen-bond donors (Lipinski definition) is 2. The zero-order chi connectivity index (χ0) is 11.7. The number of aliphatic carboxylic acids is 1. The lowest BCUT2D eigenvalue weighted by molar-refractivity contribution is -0.144. The first-order valence-corrected chi connectivity index (χ1v) is 6.19. The summed E-state index contributed by atoms with van der Waals surface area (Å²) in [5, 5.41) is 12.7. The van der Waals surface area contributed by atoms with E-state index in [0.717, 1.165) is 23.0 Å². The Morgan fingerprint density at radius 2 is 2.25 bits per heavy atom. The molecule has 0 aliphatic heterocycles. The number of hydrogen-bond acceptors (Lipinski definition) is 2. The highest BCUT2D eigenvalue weighted by atomic mass is 79.9. The molecule has 0 bridgehead atoms. The fourth-order valence-electron chi connectivity index (χ4n) is 1.78. The van der Waals surface area contributed by atoms with Crippen molar-refractivity contribution < 1.29 is 9.90 Å². The lowest BCUT2D eigenvalue weighted by Crippen LogP contribution is -2.43. The van der Waals surface area contributed by atoms with E-state index >= 15 is 0 Å². The second-order valence-corrected chi connectivity index (χ2v) is 5.22. The number of rotatable bonds is 3. The largest absolute Gasteiger partial charge is 0.481 e. The third kappa shape index (κ3) is 2.33. The van der Waals surface area contributed by atoms with Crippen molar-refractivity contribution in [1.29, 1.82) is 0 Å². The smallest absolute Gasteiger partial charge is 0.308 e. The van der Waals surface area contributed by atoms with E-state index in [2.05, 4.69) is 21.2 Å². The Bertz CT molecular complexity index is 424. The van der Waals surface area contributed by atoms with E-state index in [0.29, 0.717) is 5.02 Å². The van der Waals surface area contributed by atoms with Gasteiger partial charge in [0.1, 0.15) is 0 Å². The summed E-state index contributed by atoms with van der Waals surface area (Å²) in [6, 6.07) is 5.48. The van der Waals surface area contributed by atoms with Gasteiger partial charge in [0.2, 0.25) is 0 Å². The molecule has 86 valence electrons. The van der Waals surface area contributed by atoms with Gasteiger partial charge in [0, 0.05) is 10.5 Å². The van der Waals surface area contributed by atoms with Crippen molar-refractivity contribution in [2.45, 2.75) is 18.9 Å². The zero-order valence-corrected chi connectivity index (χ0v) is 10.8. The van der Waals surface area contributed by atoms with E-state index in [4.69, 9.17) is 16.7 Å². The average Bonchev–Trinajstić information content (AvgIpc) is 2.16. The summed E-state index contributed by atoms with van der Waals surface area (Å²) < 4.78 is 0.922. The van der Waals surface area contributed by atoms with Crippen molar-refractivity contribution in [3.05, 3.63) is 27.7 Å². The van der Waals surface area contributed by atoms with E-state index < -0.39 is 5.97 Å². The van der Waals surface area contributed by atoms with Gasteiger partial charge in [-0.25, -0.2) is 0 Å². The summed E-state index contributed by atoms with van der Waals surface area (Å²) in [5.41, 5.74) is 0.784. The molecule has 0 heterocycles. The van der Waals surface area contributed by atoms with Crippen LogP contribution in [0.1, 0.15) is 12.8 Å². The van der Waals surface area contributed by atoms with Crippen LogP contribution in [-0.4, -0.2) is 17.1 Å². The summed E-state index contributed by atoms with van der Waals surface area (Å²) in [6.07, 6.45) is 1.61. The van der Waals surface area contributed by atoms with Crippen LogP contribution in [0.25, 0.3) is 0 Å². The molecular weight excluding hydrogens is 293 g/mol. The highest BCUT2D eigenvalue weighted by Gasteiger charge is 2.36. The van der Waals surface area contributed by atoms with Gasteiger partial charge in [-0.05, 0) is 31.0 Å². The molecule has 0 aromatic heterocycles. The summed E-state index contributed by atoms with van der Waals surface area (Å²) >= 11 is 9.37. The topological polar surface area (TPSA) is 49.3 Å².